The van der Waals surface area contributed by atoms with Crippen molar-refractivity contribution in [1.82, 2.24) is 0 Å². The van der Waals surface area contributed by atoms with Crippen LogP contribution < -0.4 is 10.6 Å². The molecule has 90 valence electrons. The Kier molecular flexibility index (Phi) is 2.82. The predicted molar refractivity (Wildman–Crippen MR) is 76.3 cm³/mol. The minimum Gasteiger partial charge on any atom is -0.328 e. The second-order valence-corrected chi connectivity index (χ2v) is 4.71. The first-order valence-corrected chi connectivity index (χ1v) is 6.20. The quantitative estimate of drug-likeness (QED) is 0.841. The van der Waals surface area contributed by atoms with E-state index in [0.717, 1.165) is 11.3 Å². The van der Waals surface area contributed by atoms with Gasteiger partial charge >= 0.3 is 0 Å². The second-order valence-electron chi connectivity index (χ2n) is 4.28. The molecule has 2 N–H and O–H groups in total. The lowest BCUT2D eigenvalue weighted by Gasteiger charge is -2.32. The molecule has 0 aliphatic carbocycles. The molecule has 0 saturated heterocycles. The average molecular weight is 257 g/mol. The highest BCUT2D eigenvalue weighted by molar-refractivity contribution is 6.30. The third kappa shape index (κ3) is 1.90. The van der Waals surface area contributed by atoms with E-state index in [9.17, 15) is 0 Å². The first-order valence-electron chi connectivity index (χ1n) is 5.82. The summed E-state index contributed by atoms with van der Waals surface area (Å²) < 4.78 is 0. The van der Waals surface area contributed by atoms with Gasteiger partial charge < -0.3 is 10.6 Å². The van der Waals surface area contributed by atoms with Gasteiger partial charge in [0.2, 0.25) is 0 Å². The molecule has 1 aliphatic rings. The molecule has 0 bridgehead atoms. The lowest BCUT2D eigenvalue weighted by atomic mass is 10.0. The minimum atomic E-state index is -0.176. The summed E-state index contributed by atoms with van der Waals surface area (Å²) in [5.41, 5.74) is 9.60. The van der Waals surface area contributed by atoms with Gasteiger partial charge in [-0.3, -0.25) is 0 Å². The topological polar surface area (TPSA) is 29.3 Å². The van der Waals surface area contributed by atoms with Crippen LogP contribution in [0.25, 0.3) is 6.08 Å². The summed E-state index contributed by atoms with van der Waals surface area (Å²) in [6.45, 7) is 0. The van der Waals surface area contributed by atoms with Crippen LogP contribution in [0, 0.1) is 0 Å². The summed E-state index contributed by atoms with van der Waals surface area (Å²) in [7, 11) is 0. The Hall–Kier alpha value is -1.77. The first kappa shape index (κ1) is 11.3. The molecule has 0 aromatic heterocycles. The summed E-state index contributed by atoms with van der Waals surface area (Å²) in [6, 6.07) is 15.9. The molecule has 1 heterocycles. The van der Waals surface area contributed by atoms with Crippen molar-refractivity contribution in [2.24, 2.45) is 5.73 Å². The van der Waals surface area contributed by atoms with Crippen molar-refractivity contribution in [1.29, 1.82) is 0 Å². The van der Waals surface area contributed by atoms with Crippen molar-refractivity contribution < 1.29 is 0 Å². The number of fused-ring (bicyclic) bond motifs is 1. The fourth-order valence-electron chi connectivity index (χ4n) is 2.22. The molecule has 2 aromatic rings. The van der Waals surface area contributed by atoms with Gasteiger partial charge in [0.05, 0.1) is 0 Å². The van der Waals surface area contributed by atoms with E-state index in [4.69, 9.17) is 17.3 Å². The molecular weight excluding hydrogens is 244 g/mol. The maximum absolute atomic E-state index is 6.30. The summed E-state index contributed by atoms with van der Waals surface area (Å²) in [5.74, 6) is 0. The number of nitrogens with two attached hydrogens (primary N) is 1. The monoisotopic (exact) mass is 256 g/mol. The van der Waals surface area contributed by atoms with Crippen LogP contribution in [0.3, 0.4) is 0 Å². The minimum absolute atomic E-state index is 0.176. The maximum Gasteiger partial charge on any atom is 0.108 e. The highest BCUT2D eigenvalue weighted by Crippen LogP contribution is 2.31. The van der Waals surface area contributed by atoms with Gasteiger partial charge in [0.25, 0.3) is 0 Å². The van der Waals surface area contributed by atoms with Gasteiger partial charge in [-0.15, -0.1) is 0 Å². The van der Waals surface area contributed by atoms with Crippen LogP contribution in [0.5, 0.6) is 0 Å². The van der Waals surface area contributed by atoms with Crippen molar-refractivity contribution in [3.05, 3.63) is 70.9 Å². The molecule has 1 atom stereocenters. The van der Waals surface area contributed by atoms with Crippen molar-refractivity contribution >= 4 is 23.4 Å². The summed E-state index contributed by atoms with van der Waals surface area (Å²) in [5, 5.41) is 0.715. The SMILES string of the molecule is NC1c2ccccc2C=CN1c1cccc(Cl)c1. The van der Waals surface area contributed by atoms with Crippen LogP contribution in [0.15, 0.2) is 54.7 Å². The standard InChI is InChI=1S/C15H13ClN2/c16-12-5-3-6-13(10-12)18-9-8-11-4-1-2-7-14(11)15(18)17/h1-10,15H,17H2. The number of hydrogen-bond donors (Lipinski definition) is 1. The first-order chi connectivity index (χ1) is 8.75. The average Bonchev–Trinajstić information content (AvgIpc) is 2.39. The van der Waals surface area contributed by atoms with Gasteiger partial charge in [-0.1, -0.05) is 41.9 Å². The van der Waals surface area contributed by atoms with E-state index in [-0.39, 0.29) is 6.17 Å². The van der Waals surface area contributed by atoms with Crippen LogP contribution in [0.2, 0.25) is 5.02 Å². The Morgan fingerprint density at radius 2 is 1.89 bits per heavy atom. The fourth-order valence-corrected chi connectivity index (χ4v) is 2.40. The van der Waals surface area contributed by atoms with E-state index < -0.39 is 0 Å². The number of nitrogens with zero attached hydrogens (tertiary/aromatic N) is 1. The van der Waals surface area contributed by atoms with E-state index >= 15 is 0 Å². The molecule has 1 aliphatic heterocycles. The molecule has 0 saturated carbocycles. The van der Waals surface area contributed by atoms with Gasteiger partial charge in [-0.25, -0.2) is 0 Å². The molecule has 2 nitrogen and oxygen atoms in total. The van der Waals surface area contributed by atoms with E-state index in [0.29, 0.717) is 5.02 Å². The third-order valence-corrected chi connectivity index (χ3v) is 3.37. The molecule has 0 amide bonds. The Morgan fingerprint density at radius 3 is 2.72 bits per heavy atom. The molecule has 3 rings (SSSR count). The van der Waals surface area contributed by atoms with Crippen LogP contribution in [0.4, 0.5) is 5.69 Å². The lowest BCUT2D eigenvalue weighted by molar-refractivity contribution is 0.722. The lowest BCUT2D eigenvalue weighted by Crippen LogP contribution is -2.32. The summed E-state index contributed by atoms with van der Waals surface area (Å²) in [6.07, 6.45) is 3.89. The van der Waals surface area contributed by atoms with Gasteiger partial charge in [0, 0.05) is 16.9 Å². The van der Waals surface area contributed by atoms with Crippen molar-refractivity contribution in [3.8, 4) is 0 Å². The molecule has 2 aromatic carbocycles. The molecule has 3 heteroatoms. The third-order valence-electron chi connectivity index (χ3n) is 3.14. The van der Waals surface area contributed by atoms with Crippen molar-refractivity contribution in [2.45, 2.75) is 6.17 Å². The molecule has 0 spiro atoms. The summed E-state index contributed by atoms with van der Waals surface area (Å²) in [4.78, 5) is 2.02. The van der Waals surface area contributed by atoms with Crippen LogP contribution in [-0.4, -0.2) is 0 Å². The van der Waals surface area contributed by atoms with Crippen molar-refractivity contribution in [3.63, 3.8) is 0 Å². The Balaban J connectivity index is 2.03. The van der Waals surface area contributed by atoms with Crippen LogP contribution >= 0.6 is 11.6 Å². The van der Waals surface area contributed by atoms with E-state index in [1.807, 2.05) is 47.5 Å². The van der Waals surface area contributed by atoms with Gasteiger partial charge in [0.15, 0.2) is 0 Å². The van der Waals surface area contributed by atoms with E-state index in [2.05, 4.69) is 18.2 Å². The number of anilines is 1. The molecule has 1 unspecified atom stereocenters. The normalized spacial score (nSPS) is 17.7. The Morgan fingerprint density at radius 1 is 1.06 bits per heavy atom. The van der Waals surface area contributed by atoms with Crippen LogP contribution in [-0.2, 0) is 0 Å². The smallest absolute Gasteiger partial charge is 0.108 e. The number of halogens is 1. The molecular formula is C15H13ClN2. The van der Waals surface area contributed by atoms with E-state index in [1.54, 1.807) is 0 Å². The predicted octanol–water partition coefficient (Wildman–Crippen LogP) is 3.79. The zero-order chi connectivity index (χ0) is 12.5. The second kappa shape index (κ2) is 4.48. The fraction of sp³-hybridized carbons (Fsp3) is 0.0667. The molecule has 18 heavy (non-hydrogen) atoms. The highest BCUT2D eigenvalue weighted by atomic mass is 35.5. The zero-order valence-electron chi connectivity index (χ0n) is 9.75. The van der Waals surface area contributed by atoms with Crippen molar-refractivity contribution in [2.75, 3.05) is 4.90 Å². The van der Waals surface area contributed by atoms with Gasteiger partial charge in [0.1, 0.15) is 6.17 Å². The van der Waals surface area contributed by atoms with Gasteiger partial charge in [-0.2, -0.15) is 0 Å². The zero-order valence-corrected chi connectivity index (χ0v) is 10.5. The number of hydrogen-bond acceptors (Lipinski definition) is 2. The summed E-state index contributed by atoms with van der Waals surface area (Å²) >= 11 is 6.02. The highest BCUT2D eigenvalue weighted by Gasteiger charge is 2.20. The van der Waals surface area contributed by atoms with E-state index in [1.165, 1.54) is 5.56 Å². The molecule has 0 fully saturated rings. The van der Waals surface area contributed by atoms with Gasteiger partial charge in [-0.05, 0) is 35.4 Å². The number of benzene rings is 2. The largest absolute Gasteiger partial charge is 0.328 e. The Bertz CT molecular complexity index is 607. The molecule has 0 radical (unpaired) electrons. The number of rotatable bonds is 1. The Labute approximate surface area is 111 Å². The van der Waals surface area contributed by atoms with Crippen LogP contribution in [0.1, 0.15) is 17.3 Å². The maximum atomic E-state index is 6.30.